The van der Waals surface area contributed by atoms with Gasteiger partial charge in [-0.2, -0.15) is 11.8 Å². The monoisotopic (exact) mass is 258 g/mol. The lowest BCUT2D eigenvalue weighted by Crippen LogP contribution is -2.39. The summed E-state index contributed by atoms with van der Waals surface area (Å²) >= 11 is 1.93. The molecule has 2 rings (SSSR count). The minimum Gasteiger partial charge on any atom is -0.378 e. The van der Waals surface area contributed by atoms with Gasteiger partial charge in [0.1, 0.15) is 0 Å². The van der Waals surface area contributed by atoms with E-state index >= 15 is 0 Å². The van der Waals surface area contributed by atoms with E-state index in [0.717, 1.165) is 50.5 Å². The second-order valence-electron chi connectivity index (χ2n) is 4.56. The fraction of sp³-hybridized carbons (Fsp3) is 0.917. The molecule has 0 aromatic carbocycles. The molecule has 98 valence electrons. The number of hydrogen-bond acceptors (Lipinski definition) is 4. The van der Waals surface area contributed by atoms with Crippen LogP contribution in [0.1, 0.15) is 19.3 Å². The number of carbonyl (C=O) groups excluding carboxylic acids is 1. The summed E-state index contributed by atoms with van der Waals surface area (Å²) in [5.41, 5.74) is 0. The SMILES string of the molecule is O=C(CCOC1CCNCC1)N1CCSCC1. The van der Waals surface area contributed by atoms with E-state index in [1.807, 2.05) is 16.7 Å². The van der Waals surface area contributed by atoms with Crippen molar-refractivity contribution in [1.29, 1.82) is 0 Å². The number of rotatable bonds is 4. The van der Waals surface area contributed by atoms with Crippen LogP contribution in [0.4, 0.5) is 0 Å². The van der Waals surface area contributed by atoms with E-state index in [1.165, 1.54) is 0 Å². The molecule has 0 atom stereocenters. The van der Waals surface area contributed by atoms with Gasteiger partial charge in [0, 0.05) is 24.6 Å². The van der Waals surface area contributed by atoms with Crippen LogP contribution >= 0.6 is 11.8 Å². The molecule has 5 heteroatoms. The standard InChI is InChI=1S/C12H22N2O2S/c15-12(14-6-9-17-10-7-14)3-8-16-11-1-4-13-5-2-11/h11,13H,1-10H2. The quantitative estimate of drug-likeness (QED) is 0.807. The molecule has 0 unspecified atom stereocenters. The zero-order chi connectivity index (χ0) is 11.9. The lowest BCUT2D eigenvalue weighted by molar-refractivity contribution is -0.132. The summed E-state index contributed by atoms with van der Waals surface area (Å²) in [7, 11) is 0. The van der Waals surface area contributed by atoms with Crippen LogP contribution in [0.5, 0.6) is 0 Å². The summed E-state index contributed by atoms with van der Waals surface area (Å²) in [6.45, 7) is 4.50. The Morgan fingerprint density at radius 3 is 2.71 bits per heavy atom. The van der Waals surface area contributed by atoms with E-state index in [9.17, 15) is 4.79 Å². The van der Waals surface area contributed by atoms with Gasteiger partial charge in [-0.15, -0.1) is 0 Å². The van der Waals surface area contributed by atoms with Crippen LogP contribution in [0.2, 0.25) is 0 Å². The molecule has 0 saturated carbocycles. The Hall–Kier alpha value is -0.260. The molecule has 0 bridgehead atoms. The van der Waals surface area contributed by atoms with Crippen molar-refractivity contribution in [3.63, 3.8) is 0 Å². The summed E-state index contributed by atoms with van der Waals surface area (Å²) < 4.78 is 5.75. The van der Waals surface area contributed by atoms with Gasteiger partial charge >= 0.3 is 0 Å². The van der Waals surface area contributed by atoms with E-state index in [0.29, 0.717) is 19.1 Å². The van der Waals surface area contributed by atoms with Crippen LogP contribution in [0.15, 0.2) is 0 Å². The molecule has 0 radical (unpaired) electrons. The van der Waals surface area contributed by atoms with Crippen molar-refractivity contribution in [3.8, 4) is 0 Å². The third-order valence-electron chi connectivity index (χ3n) is 3.32. The number of nitrogens with zero attached hydrogens (tertiary/aromatic N) is 1. The maximum absolute atomic E-state index is 11.9. The summed E-state index contributed by atoms with van der Waals surface area (Å²) in [6.07, 6.45) is 3.07. The molecule has 2 saturated heterocycles. The number of piperidine rings is 1. The topological polar surface area (TPSA) is 41.6 Å². The Morgan fingerprint density at radius 1 is 1.29 bits per heavy atom. The van der Waals surface area contributed by atoms with Crippen molar-refractivity contribution >= 4 is 17.7 Å². The highest BCUT2D eigenvalue weighted by Gasteiger charge is 2.18. The molecule has 0 aromatic heterocycles. The molecule has 0 aromatic rings. The highest BCUT2D eigenvalue weighted by molar-refractivity contribution is 7.99. The van der Waals surface area contributed by atoms with Crippen LogP contribution in [0, 0.1) is 0 Å². The first kappa shape index (κ1) is 13.2. The van der Waals surface area contributed by atoms with Crippen molar-refractivity contribution < 1.29 is 9.53 Å². The van der Waals surface area contributed by atoms with E-state index in [4.69, 9.17) is 4.74 Å². The Kier molecular flexibility index (Phi) is 5.61. The lowest BCUT2D eigenvalue weighted by atomic mass is 10.1. The number of nitrogens with one attached hydrogen (secondary N) is 1. The number of carbonyl (C=O) groups is 1. The molecule has 1 N–H and O–H groups in total. The van der Waals surface area contributed by atoms with Crippen molar-refractivity contribution in [2.45, 2.75) is 25.4 Å². The Morgan fingerprint density at radius 2 is 2.00 bits per heavy atom. The molecule has 17 heavy (non-hydrogen) atoms. The maximum Gasteiger partial charge on any atom is 0.224 e. The molecule has 0 aliphatic carbocycles. The van der Waals surface area contributed by atoms with E-state index in [2.05, 4.69) is 5.32 Å². The zero-order valence-corrected chi connectivity index (χ0v) is 11.1. The zero-order valence-electron chi connectivity index (χ0n) is 10.3. The van der Waals surface area contributed by atoms with Crippen LogP contribution in [0.3, 0.4) is 0 Å². The van der Waals surface area contributed by atoms with Gasteiger partial charge < -0.3 is 15.0 Å². The summed E-state index contributed by atoms with van der Waals surface area (Å²) in [5, 5.41) is 3.31. The van der Waals surface area contributed by atoms with Crippen molar-refractivity contribution in [3.05, 3.63) is 0 Å². The number of amides is 1. The van der Waals surface area contributed by atoms with Crippen LogP contribution in [-0.2, 0) is 9.53 Å². The molecule has 2 aliphatic heterocycles. The number of hydrogen-bond donors (Lipinski definition) is 1. The van der Waals surface area contributed by atoms with Crippen LogP contribution in [0.25, 0.3) is 0 Å². The van der Waals surface area contributed by atoms with Crippen LogP contribution in [-0.4, -0.2) is 61.2 Å². The third-order valence-corrected chi connectivity index (χ3v) is 4.26. The Labute approximate surface area is 107 Å². The number of ether oxygens (including phenoxy) is 1. The molecule has 4 nitrogen and oxygen atoms in total. The minimum atomic E-state index is 0.263. The average Bonchev–Trinajstić information content (AvgIpc) is 2.41. The van der Waals surface area contributed by atoms with Crippen LogP contribution < -0.4 is 5.32 Å². The first-order chi connectivity index (χ1) is 8.36. The fourth-order valence-corrected chi connectivity index (χ4v) is 3.15. The highest BCUT2D eigenvalue weighted by Crippen LogP contribution is 2.11. The second-order valence-corrected chi connectivity index (χ2v) is 5.79. The summed E-state index contributed by atoms with van der Waals surface area (Å²) in [4.78, 5) is 13.8. The minimum absolute atomic E-state index is 0.263. The van der Waals surface area contributed by atoms with Gasteiger partial charge in [-0.25, -0.2) is 0 Å². The van der Waals surface area contributed by atoms with Crippen molar-refractivity contribution in [2.75, 3.05) is 44.3 Å². The van der Waals surface area contributed by atoms with E-state index in [1.54, 1.807) is 0 Å². The largest absolute Gasteiger partial charge is 0.378 e. The molecule has 2 fully saturated rings. The Balaban J connectivity index is 1.58. The Bertz CT molecular complexity index is 239. The lowest BCUT2D eigenvalue weighted by Gasteiger charge is -2.27. The molecule has 0 spiro atoms. The number of thioether (sulfide) groups is 1. The van der Waals surface area contributed by atoms with Crippen molar-refractivity contribution in [1.82, 2.24) is 10.2 Å². The summed E-state index contributed by atoms with van der Waals surface area (Å²) in [5.74, 6) is 2.43. The third kappa shape index (κ3) is 4.48. The van der Waals surface area contributed by atoms with Gasteiger partial charge in [0.25, 0.3) is 0 Å². The first-order valence-electron chi connectivity index (χ1n) is 6.54. The molecule has 1 amide bonds. The molecular weight excluding hydrogens is 236 g/mol. The van der Waals surface area contributed by atoms with Gasteiger partial charge in [0.2, 0.25) is 5.91 Å². The fourth-order valence-electron chi connectivity index (χ4n) is 2.25. The normalized spacial score (nSPS) is 22.7. The van der Waals surface area contributed by atoms with Gasteiger partial charge in [0.05, 0.1) is 19.1 Å². The van der Waals surface area contributed by atoms with E-state index < -0.39 is 0 Å². The van der Waals surface area contributed by atoms with Crippen molar-refractivity contribution in [2.24, 2.45) is 0 Å². The average molecular weight is 258 g/mol. The highest BCUT2D eigenvalue weighted by atomic mass is 32.2. The maximum atomic E-state index is 11.9. The predicted octanol–water partition coefficient (Wildman–Crippen LogP) is 0.721. The van der Waals surface area contributed by atoms with Gasteiger partial charge in [-0.1, -0.05) is 0 Å². The smallest absolute Gasteiger partial charge is 0.224 e. The van der Waals surface area contributed by atoms with Gasteiger partial charge in [-0.3, -0.25) is 4.79 Å². The molecular formula is C12H22N2O2S. The van der Waals surface area contributed by atoms with E-state index in [-0.39, 0.29) is 5.91 Å². The molecule has 2 aliphatic rings. The molecule has 2 heterocycles. The second kappa shape index (κ2) is 7.24. The first-order valence-corrected chi connectivity index (χ1v) is 7.69. The summed E-state index contributed by atoms with van der Waals surface area (Å²) in [6, 6.07) is 0. The van der Waals surface area contributed by atoms with Gasteiger partial charge in [-0.05, 0) is 25.9 Å². The predicted molar refractivity (Wildman–Crippen MR) is 70.4 cm³/mol. The van der Waals surface area contributed by atoms with Gasteiger partial charge in [0.15, 0.2) is 0 Å².